The third-order valence-corrected chi connectivity index (χ3v) is 4.75. The van der Waals surface area contributed by atoms with Gasteiger partial charge in [-0.15, -0.1) is 0 Å². The molecule has 1 saturated carbocycles. The second-order valence-corrected chi connectivity index (χ2v) is 6.16. The summed E-state index contributed by atoms with van der Waals surface area (Å²) in [4.78, 5) is 16.8. The Bertz CT molecular complexity index is 491. The highest BCUT2D eigenvalue weighted by Gasteiger charge is 2.27. The van der Waals surface area contributed by atoms with Crippen LogP contribution in [-0.4, -0.2) is 47.9 Å². The molecule has 1 aliphatic heterocycles. The fourth-order valence-electron chi connectivity index (χ4n) is 3.54. The molecule has 3 rings (SSSR count). The number of nitrogens with zero attached hydrogens (tertiary/aromatic N) is 2. The second-order valence-electron chi connectivity index (χ2n) is 6.16. The lowest BCUT2D eigenvalue weighted by molar-refractivity contribution is -0.132. The molecule has 0 bridgehead atoms. The molecule has 0 unspecified atom stereocenters. The number of carbonyl (C=O) groups excluding carboxylic acids is 1. The van der Waals surface area contributed by atoms with Crippen LogP contribution in [0, 0.1) is 5.82 Å². The molecule has 1 saturated heterocycles. The van der Waals surface area contributed by atoms with Crippen LogP contribution in [0.2, 0.25) is 0 Å². The van der Waals surface area contributed by atoms with Crippen molar-refractivity contribution in [3.63, 3.8) is 0 Å². The van der Waals surface area contributed by atoms with Crippen molar-refractivity contribution in [2.45, 2.75) is 38.1 Å². The van der Waals surface area contributed by atoms with Crippen molar-refractivity contribution >= 4 is 5.91 Å². The quantitative estimate of drug-likeness (QED) is 0.854. The van der Waals surface area contributed by atoms with Gasteiger partial charge < -0.3 is 4.90 Å². The zero-order valence-electron chi connectivity index (χ0n) is 12.4. The monoisotopic (exact) mass is 290 g/mol. The maximum Gasteiger partial charge on any atom is 0.227 e. The van der Waals surface area contributed by atoms with E-state index in [1.54, 1.807) is 6.07 Å². The lowest BCUT2D eigenvalue weighted by atomic mass is 10.1. The highest BCUT2D eigenvalue weighted by atomic mass is 19.1. The summed E-state index contributed by atoms with van der Waals surface area (Å²) in [6.07, 6.45) is 5.64. The largest absolute Gasteiger partial charge is 0.340 e. The van der Waals surface area contributed by atoms with Gasteiger partial charge in [-0.2, -0.15) is 0 Å². The van der Waals surface area contributed by atoms with E-state index in [0.29, 0.717) is 6.42 Å². The summed E-state index contributed by atoms with van der Waals surface area (Å²) in [6.45, 7) is 3.59. The summed E-state index contributed by atoms with van der Waals surface area (Å²) in [5.41, 5.74) is 0.762. The van der Waals surface area contributed by atoms with Gasteiger partial charge in [0.05, 0.1) is 6.42 Å². The summed E-state index contributed by atoms with van der Waals surface area (Å²) >= 11 is 0. The Morgan fingerprint density at radius 3 is 2.52 bits per heavy atom. The minimum atomic E-state index is -0.272. The molecule has 4 heteroatoms. The highest BCUT2D eigenvalue weighted by molar-refractivity contribution is 5.78. The minimum absolute atomic E-state index is 0.117. The molecule has 3 nitrogen and oxygen atoms in total. The molecule has 1 aromatic carbocycles. The second kappa shape index (κ2) is 6.56. The van der Waals surface area contributed by atoms with Crippen molar-refractivity contribution in [2.75, 3.05) is 26.2 Å². The van der Waals surface area contributed by atoms with Gasteiger partial charge in [-0.1, -0.05) is 25.0 Å². The predicted octanol–water partition coefficient (Wildman–Crippen LogP) is 2.46. The van der Waals surface area contributed by atoms with Gasteiger partial charge in [-0.05, 0) is 30.5 Å². The van der Waals surface area contributed by atoms with Crippen LogP contribution in [0.25, 0.3) is 0 Å². The van der Waals surface area contributed by atoms with Crippen LogP contribution in [0.5, 0.6) is 0 Å². The third-order valence-electron chi connectivity index (χ3n) is 4.75. The van der Waals surface area contributed by atoms with Crippen LogP contribution in [0.4, 0.5) is 4.39 Å². The van der Waals surface area contributed by atoms with E-state index in [1.807, 2.05) is 11.0 Å². The number of hydrogen-bond acceptors (Lipinski definition) is 2. The van der Waals surface area contributed by atoms with Gasteiger partial charge in [0, 0.05) is 32.2 Å². The Labute approximate surface area is 125 Å². The fourth-order valence-corrected chi connectivity index (χ4v) is 3.54. The number of amides is 1. The molecule has 0 N–H and O–H groups in total. The molecule has 1 aromatic rings. The number of carbonyl (C=O) groups is 1. The van der Waals surface area contributed by atoms with Crippen LogP contribution in [0.3, 0.4) is 0 Å². The van der Waals surface area contributed by atoms with E-state index in [2.05, 4.69) is 4.90 Å². The van der Waals surface area contributed by atoms with Gasteiger partial charge in [-0.25, -0.2) is 4.39 Å². The molecule has 2 fully saturated rings. The zero-order valence-corrected chi connectivity index (χ0v) is 12.4. The Balaban J connectivity index is 1.50. The van der Waals surface area contributed by atoms with Gasteiger partial charge in [-0.3, -0.25) is 9.69 Å². The normalized spacial score (nSPS) is 20.9. The van der Waals surface area contributed by atoms with Gasteiger partial charge in [0.15, 0.2) is 0 Å². The van der Waals surface area contributed by atoms with E-state index in [4.69, 9.17) is 0 Å². The third kappa shape index (κ3) is 3.62. The molecule has 0 atom stereocenters. The first-order valence-corrected chi connectivity index (χ1v) is 7.98. The van der Waals surface area contributed by atoms with Crippen molar-refractivity contribution in [1.82, 2.24) is 9.80 Å². The van der Waals surface area contributed by atoms with E-state index in [9.17, 15) is 9.18 Å². The minimum Gasteiger partial charge on any atom is -0.340 e. The molecule has 1 heterocycles. The van der Waals surface area contributed by atoms with Crippen molar-refractivity contribution in [2.24, 2.45) is 0 Å². The van der Waals surface area contributed by atoms with Crippen molar-refractivity contribution in [3.8, 4) is 0 Å². The maximum atomic E-state index is 13.2. The Morgan fingerprint density at radius 1 is 1.14 bits per heavy atom. The summed E-state index contributed by atoms with van der Waals surface area (Å²) in [5.74, 6) is -0.155. The molecule has 0 aromatic heterocycles. The van der Waals surface area contributed by atoms with Gasteiger partial charge in [0.1, 0.15) is 5.82 Å². The first-order chi connectivity index (χ1) is 10.2. The van der Waals surface area contributed by atoms with Gasteiger partial charge >= 0.3 is 0 Å². The van der Waals surface area contributed by atoms with Crippen molar-refractivity contribution in [1.29, 1.82) is 0 Å². The number of rotatable bonds is 3. The molecule has 0 spiro atoms. The summed E-state index contributed by atoms with van der Waals surface area (Å²) in [6, 6.07) is 7.08. The molecule has 1 aliphatic carbocycles. The molecule has 21 heavy (non-hydrogen) atoms. The maximum absolute atomic E-state index is 13.2. The SMILES string of the molecule is O=C(Cc1cccc(F)c1)N1CCN(C2CCCC2)CC1. The van der Waals surface area contributed by atoms with Gasteiger partial charge in [0.2, 0.25) is 5.91 Å². The standard InChI is InChI=1S/C17H23FN2O/c18-15-5-3-4-14(12-15)13-17(21)20-10-8-19(9-11-20)16-6-1-2-7-16/h3-5,12,16H,1-2,6-11,13H2. The molecule has 0 radical (unpaired) electrons. The molecule has 1 amide bonds. The van der Waals surface area contributed by atoms with Crippen LogP contribution in [-0.2, 0) is 11.2 Å². The van der Waals surface area contributed by atoms with E-state index >= 15 is 0 Å². The van der Waals surface area contributed by atoms with E-state index in [0.717, 1.165) is 37.8 Å². The number of piperazine rings is 1. The summed E-state index contributed by atoms with van der Waals surface area (Å²) in [7, 11) is 0. The Morgan fingerprint density at radius 2 is 1.86 bits per heavy atom. The lowest BCUT2D eigenvalue weighted by Gasteiger charge is -2.38. The van der Waals surface area contributed by atoms with E-state index < -0.39 is 0 Å². The molecular weight excluding hydrogens is 267 g/mol. The molecule has 114 valence electrons. The topological polar surface area (TPSA) is 23.6 Å². The highest BCUT2D eigenvalue weighted by Crippen LogP contribution is 2.24. The average Bonchev–Trinajstić information content (AvgIpc) is 3.01. The Kier molecular flexibility index (Phi) is 4.54. The zero-order chi connectivity index (χ0) is 14.7. The predicted molar refractivity (Wildman–Crippen MR) is 80.5 cm³/mol. The first kappa shape index (κ1) is 14.5. The fraction of sp³-hybridized carbons (Fsp3) is 0.588. The van der Waals surface area contributed by atoms with Gasteiger partial charge in [0.25, 0.3) is 0 Å². The lowest BCUT2D eigenvalue weighted by Crippen LogP contribution is -2.51. The van der Waals surface area contributed by atoms with E-state index in [-0.39, 0.29) is 11.7 Å². The van der Waals surface area contributed by atoms with Crippen LogP contribution >= 0.6 is 0 Å². The molecule has 2 aliphatic rings. The summed E-state index contributed by atoms with van der Waals surface area (Å²) in [5, 5.41) is 0. The number of benzene rings is 1. The van der Waals surface area contributed by atoms with Crippen LogP contribution < -0.4 is 0 Å². The smallest absolute Gasteiger partial charge is 0.227 e. The van der Waals surface area contributed by atoms with E-state index in [1.165, 1.54) is 37.8 Å². The first-order valence-electron chi connectivity index (χ1n) is 7.98. The van der Waals surface area contributed by atoms with Crippen molar-refractivity contribution in [3.05, 3.63) is 35.6 Å². The van der Waals surface area contributed by atoms with Crippen molar-refractivity contribution < 1.29 is 9.18 Å². The number of halogens is 1. The average molecular weight is 290 g/mol. The molecular formula is C17H23FN2O. The number of hydrogen-bond donors (Lipinski definition) is 0. The van der Waals surface area contributed by atoms with Crippen LogP contribution in [0.15, 0.2) is 24.3 Å². The van der Waals surface area contributed by atoms with Crippen LogP contribution in [0.1, 0.15) is 31.2 Å². The Hall–Kier alpha value is -1.42. The summed E-state index contributed by atoms with van der Waals surface area (Å²) < 4.78 is 13.2.